The molecule has 1 amide bonds. The first-order valence-corrected chi connectivity index (χ1v) is 9.60. The zero-order chi connectivity index (χ0) is 19.6. The molecule has 138 valence electrons. The van der Waals surface area contributed by atoms with Crippen LogP contribution < -0.4 is 4.90 Å². The average Bonchev–Trinajstić information content (AvgIpc) is 3.07. The largest absolute Gasteiger partial charge is 0.477 e. The van der Waals surface area contributed by atoms with Crippen molar-refractivity contribution < 1.29 is 14.7 Å². The van der Waals surface area contributed by atoms with Gasteiger partial charge in [0.2, 0.25) is 0 Å². The maximum Gasteiger partial charge on any atom is 0.348 e. The molecule has 0 aliphatic rings. The van der Waals surface area contributed by atoms with E-state index in [4.69, 9.17) is 11.6 Å². The molecule has 3 aromatic rings. The molecule has 0 fully saturated rings. The molecule has 0 aliphatic heterocycles. The Bertz CT molecular complexity index is 982. The van der Waals surface area contributed by atoms with Crippen LogP contribution in [0.4, 0.5) is 5.69 Å². The molecule has 0 spiro atoms. The Morgan fingerprint density at radius 1 is 1.04 bits per heavy atom. The van der Waals surface area contributed by atoms with Crippen molar-refractivity contribution in [3.8, 4) is 10.4 Å². The van der Waals surface area contributed by atoms with Gasteiger partial charge in [0.05, 0.1) is 16.3 Å². The van der Waals surface area contributed by atoms with Gasteiger partial charge in [-0.1, -0.05) is 54.1 Å². The van der Waals surface area contributed by atoms with Gasteiger partial charge in [-0.25, -0.2) is 4.79 Å². The van der Waals surface area contributed by atoms with E-state index in [1.165, 1.54) is 4.90 Å². The van der Waals surface area contributed by atoms with Gasteiger partial charge in [-0.15, -0.1) is 11.3 Å². The number of halogens is 1. The third-order valence-corrected chi connectivity index (χ3v) is 5.55. The van der Waals surface area contributed by atoms with E-state index < -0.39 is 5.97 Å². The van der Waals surface area contributed by atoms with E-state index in [-0.39, 0.29) is 16.8 Å². The van der Waals surface area contributed by atoms with Gasteiger partial charge in [0.1, 0.15) is 4.88 Å². The van der Waals surface area contributed by atoms with Gasteiger partial charge in [-0.2, -0.15) is 0 Å². The lowest BCUT2D eigenvalue weighted by molar-refractivity contribution is 0.0703. The molecule has 1 N–H and O–H groups in total. The third-order valence-electron chi connectivity index (χ3n) is 4.06. The van der Waals surface area contributed by atoms with Crippen LogP contribution in [0.1, 0.15) is 33.9 Å². The molecule has 0 saturated carbocycles. The van der Waals surface area contributed by atoms with Crippen molar-refractivity contribution >= 4 is 40.5 Å². The number of nitrogens with zero attached hydrogens (tertiary/aromatic N) is 1. The fourth-order valence-corrected chi connectivity index (χ4v) is 4.05. The van der Waals surface area contributed by atoms with E-state index in [2.05, 4.69) is 0 Å². The average molecular weight is 400 g/mol. The number of hydrogen-bond acceptors (Lipinski definition) is 3. The molecule has 0 bridgehead atoms. The third kappa shape index (κ3) is 3.89. The second-order valence-corrected chi connectivity index (χ2v) is 7.70. The minimum atomic E-state index is -1.06. The molecule has 0 radical (unpaired) electrons. The molecular weight excluding hydrogens is 382 g/mol. The Morgan fingerprint density at radius 2 is 1.67 bits per heavy atom. The first-order valence-electron chi connectivity index (χ1n) is 8.40. The first kappa shape index (κ1) is 19.1. The number of anilines is 1. The Balaban J connectivity index is 2.13. The highest BCUT2D eigenvalue weighted by atomic mass is 35.5. The summed E-state index contributed by atoms with van der Waals surface area (Å²) in [5.41, 5.74) is 1.63. The van der Waals surface area contributed by atoms with E-state index in [1.54, 1.807) is 30.3 Å². The number of aromatic carboxylic acids is 1. The van der Waals surface area contributed by atoms with E-state index in [1.807, 2.05) is 44.2 Å². The fourth-order valence-electron chi connectivity index (χ4n) is 2.84. The number of carbonyl (C=O) groups excluding carboxylic acids is 1. The van der Waals surface area contributed by atoms with Gasteiger partial charge in [-0.05, 0) is 37.6 Å². The summed E-state index contributed by atoms with van der Waals surface area (Å²) in [6.07, 6.45) is 0. The molecule has 0 aliphatic carbocycles. The Hall–Kier alpha value is -2.63. The summed E-state index contributed by atoms with van der Waals surface area (Å²) in [6.45, 7) is 3.69. The summed E-state index contributed by atoms with van der Waals surface area (Å²) in [5, 5.41) is 10.0. The lowest BCUT2D eigenvalue weighted by atomic mass is 10.1. The van der Waals surface area contributed by atoms with Gasteiger partial charge in [0, 0.05) is 10.9 Å². The lowest BCUT2D eigenvalue weighted by Crippen LogP contribution is -2.37. The van der Waals surface area contributed by atoms with Crippen LogP contribution in [0.3, 0.4) is 0 Å². The van der Waals surface area contributed by atoms with Crippen molar-refractivity contribution in [1.29, 1.82) is 0 Å². The maximum atomic E-state index is 13.2. The molecule has 0 unspecified atom stereocenters. The van der Waals surface area contributed by atoms with Crippen LogP contribution in [0.2, 0.25) is 5.02 Å². The van der Waals surface area contributed by atoms with Crippen molar-refractivity contribution in [1.82, 2.24) is 0 Å². The van der Waals surface area contributed by atoms with Crippen molar-refractivity contribution in [2.75, 3.05) is 4.90 Å². The Morgan fingerprint density at radius 3 is 2.26 bits per heavy atom. The number of carbonyl (C=O) groups is 2. The fraction of sp³-hybridized carbons (Fsp3) is 0.143. The van der Waals surface area contributed by atoms with E-state index >= 15 is 0 Å². The molecular formula is C21H18ClNO3S. The maximum absolute atomic E-state index is 13.2. The zero-order valence-corrected chi connectivity index (χ0v) is 16.4. The SMILES string of the molecule is CC(C)N(C(=O)c1ccccc1Cl)c1cc(-c2ccccc2)sc1C(=O)O. The number of carboxylic acid groups (broad SMARTS) is 1. The first-order chi connectivity index (χ1) is 12.9. The molecule has 0 saturated heterocycles. The summed E-state index contributed by atoms with van der Waals surface area (Å²) in [4.78, 5) is 27.5. The molecule has 2 aromatic carbocycles. The van der Waals surface area contributed by atoms with Crippen LogP contribution in [0.25, 0.3) is 10.4 Å². The van der Waals surface area contributed by atoms with E-state index in [0.717, 1.165) is 21.8 Å². The summed E-state index contributed by atoms with van der Waals surface area (Å²) >= 11 is 7.35. The summed E-state index contributed by atoms with van der Waals surface area (Å²) < 4.78 is 0. The van der Waals surface area contributed by atoms with E-state index in [9.17, 15) is 14.7 Å². The van der Waals surface area contributed by atoms with Crippen LogP contribution >= 0.6 is 22.9 Å². The second-order valence-electron chi connectivity index (χ2n) is 6.24. The van der Waals surface area contributed by atoms with Crippen molar-refractivity contribution in [2.24, 2.45) is 0 Å². The predicted octanol–water partition coefficient (Wildman–Crippen LogP) is 5.82. The number of carboxylic acids is 1. The molecule has 4 nitrogen and oxygen atoms in total. The molecule has 0 atom stereocenters. The Kier molecular flexibility index (Phi) is 5.63. The molecule has 1 aromatic heterocycles. The van der Waals surface area contributed by atoms with Gasteiger partial charge in [0.25, 0.3) is 5.91 Å². The second kappa shape index (κ2) is 7.94. The predicted molar refractivity (Wildman–Crippen MR) is 110 cm³/mol. The molecule has 6 heteroatoms. The zero-order valence-electron chi connectivity index (χ0n) is 14.8. The standard InChI is InChI=1S/C21H18ClNO3S/c1-13(2)23(20(24)15-10-6-7-11-16(15)22)17-12-18(27-19(17)21(25)26)14-8-4-3-5-9-14/h3-13H,1-2H3,(H,25,26). The number of amides is 1. The summed E-state index contributed by atoms with van der Waals surface area (Å²) in [7, 11) is 0. The smallest absolute Gasteiger partial charge is 0.348 e. The van der Waals surface area contributed by atoms with Crippen molar-refractivity contribution in [3.63, 3.8) is 0 Å². The van der Waals surface area contributed by atoms with Crippen LogP contribution in [0.5, 0.6) is 0 Å². The number of rotatable bonds is 5. The number of hydrogen-bond donors (Lipinski definition) is 1. The van der Waals surface area contributed by atoms with Gasteiger partial charge in [0.15, 0.2) is 0 Å². The Labute approximate surface area is 166 Å². The topological polar surface area (TPSA) is 57.6 Å². The summed E-state index contributed by atoms with van der Waals surface area (Å²) in [6, 6.07) is 17.8. The quantitative estimate of drug-likeness (QED) is 0.587. The number of thiophene rings is 1. The molecule has 3 rings (SSSR count). The monoisotopic (exact) mass is 399 g/mol. The van der Waals surface area contributed by atoms with Crippen LogP contribution in [-0.2, 0) is 0 Å². The minimum absolute atomic E-state index is 0.128. The number of benzene rings is 2. The molecule has 1 heterocycles. The normalized spacial score (nSPS) is 10.8. The van der Waals surface area contributed by atoms with Gasteiger partial charge >= 0.3 is 5.97 Å². The lowest BCUT2D eigenvalue weighted by Gasteiger charge is -2.27. The van der Waals surface area contributed by atoms with Crippen LogP contribution in [0, 0.1) is 0 Å². The van der Waals surface area contributed by atoms with Crippen LogP contribution in [-0.4, -0.2) is 23.0 Å². The van der Waals surface area contributed by atoms with Crippen molar-refractivity contribution in [3.05, 3.63) is 76.1 Å². The van der Waals surface area contributed by atoms with Gasteiger partial charge in [-0.3, -0.25) is 4.79 Å². The van der Waals surface area contributed by atoms with Gasteiger partial charge < -0.3 is 10.0 Å². The summed E-state index contributed by atoms with van der Waals surface area (Å²) in [5.74, 6) is -1.38. The highest BCUT2D eigenvalue weighted by Crippen LogP contribution is 2.38. The van der Waals surface area contributed by atoms with Crippen LogP contribution in [0.15, 0.2) is 60.7 Å². The molecule has 27 heavy (non-hydrogen) atoms. The highest BCUT2D eigenvalue weighted by molar-refractivity contribution is 7.18. The minimum Gasteiger partial charge on any atom is -0.477 e. The van der Waals surface area contributed by atoms with E-state index in [0.29, 0.717) is 16.3 Å². The highest BCUT2D eigenvalue weighted by Gasteiger charge is 2.29. The van der Waals surface area contributed by atoms with Crippen molar-refractivity contribution in [2.45, 2.75) is 19.9 Å².